The van der Waals surface area contributed by atoms with Gasteiger partial charge in [-0.15, -0.1) is 0 Å². The van der Waals surface area contributed by atoms with Crippen LogP contribution in [-0.4, -0.2) is 17.3 Å². The van der Waals surface area contributed by atoms with Crippen molar-refractivity contribution in [2.24, 2.45) is 0 Å². The summed E-state index contributed by atoms with van der Waals surface area (Å²) < 4.78 is 5.33. The summed E-state index contributed by atoms with van der Waals surface area (Å²) in [5, 5.41) is 9.05. The lowest BCUT2D eigenvalue weighted by molar-refractivity contribution is 0.159. The van der Waals surface area contributed by atoms with E-state index in [0.717, 1.165) is 19.3 Å². The van der Waals surface area contributed by atoms with Crippen molar-refractivity contribution in [2.75, 3.05) is 0 Å². The van der Waals surface area contributed by atoms with Crippen LogP contribution in [0.15, 0.2) is 0 Å². The van der Waals surface area contributed by atoms with Crippen LogP contribution < -0.4 is 0 Å². The zero-order chi connectivity index (χ0) is 6.69. The van der Waals surface area contributed by atoms with Gasteiger partial charge in [-0.25, -0.2) is 0 Å². The van der Waals surface area contributed by atoms with Crippen LogP contribution in [0.2, 0.25) is 0 Å². The van der Waals surface area contributed by atoms with Crippen molar-refractivity contribution < 1.29 is 9.63 Å². The fourth-order valence-corrected chi connectivity index (χ4v) is 2.51. The van der Waals surface area contributed by atoms with Gasteiger partial charge in [-0.1, -0.05) is 0 Å². The van der Waals surface area contributed by atoms with Crippen LogP contribution in [0.3, 0.4) is 0 Å². The Morgan fingerprint density at radius 3 is 2.78 bits per heavy atom. The molecule has 0 aromatic heterocycles. The van der Waals surface area contributed by atoms with E-state index in [1.54, 1.807) is 0 Å². The van der Waals surface area contributed by atoms with Crippen LogP contribution >= 0.6 is 28.5 Å². The molecule has 54 valence electrons. The van der Waals surface area contributed by atoms with E-state index in [2.05, 4.69) is 22.0 Å². The molecule has 2 nitrogen and oxygen atoms in total. The molecule has 1 saturated carbocycles. The summed E-state index contributed by atoms with van der Waals surface area (Å²) in [6, 6.07) is 0. The van der Waals surface area contributed by atoms with Crippen molar-refractivity contribution in [2.45, 2.75) is 31.5 Å². The minimum Gasteiger partial charge on any atom is -0.393 e. The molecule has 0 radical (unpaired) electrons. The SMILES string of the molecule is OC1CCC(OPI)C1. The number of aliphatic hydroxyl groups excluding tert-OH is 1. The maximum Gasteiger partial charge on any atom is 0.0797 e. The quantitative estimate of drug-likeness (QED) is 0.606. The molecule has 1 fully saturated rings. The molecular weight excluding hydrogens is 250 g/mol. The minimum absolute atomic E-state index is 0.0947. The molecule has 3 unspecified atom stereocenters. The van der Waals surface area contributed by atoms with E-state index in [1.807, 2.05) is 0 Å². The van der Waals surface area contributed by atoms with E-state index in [1.165, 1.54) is 0 Å². The predicted octanol–water partition coefficient (Wildman–Crippen LogP) is 1.86. The van der Waals surface area contributed by atoms with Crippen LogP contribution in [0.25, 0.3) is 0 Å². The highest BCUT2D eigenvalue weighted by Gasteiger charge is 2.22. The molecule has 1 aliphatic rings. The Bertz CT molecular complexity index is 89.0. The third-order valence-electron chi connectivity index (χ3n) is 1.57. The van der Waals surface area contributed by atoms with Crippen LogP contribution in [-0.2, 0) is 4.52 Å². The summed E-state index contributed by atoms with van der Waals surface area (Å²) in [5.41, 5.74) is 0. The number of aliphatic hydroxyl groups is 1. The predicted molar refractivity (Wildman–Crippen MR) is 47.1 cm³/mol. The fourth-order valence-electron chi connectivity index (χ4n) is 1.09. The van der Waals surface area contributed by atoms with E-state index in [-0.39, 0.29) is 6.10 Å². The highest BCUT2D eigenvalue weighted by atomic mass is 127. The zero-order valence-corrected chi connectivity index (χ0v) is 8.17. The highest BCUT2D eigenvalue weighted by Crippen LogP contribution is 2.31. The average molecular weight is 260 g/mol. The third kappa shape index (κ3) is 2.66. The van der Waals surface area contributed by atoms with Crippen molar-refractivity contribution >= 4 is 28.5 Å². The first-order valence-corrected chi connectivity index (χ1v) is 7.04. The molecule has 0 saturated heterocycles. The van der Waals surface area contributed by atoms with Crippen molar-refractivity contribution in [1.29, 1.82) is 0 Å². The number of rotatable bonds is 2. The van der Waals surface area contributed by atoms with Gasteiger partial charge in [0.25, 0.3) is 0 Å². The second kappa shape index (κ2) is 4.06. The molecule has 1 N–H and O–H groups in total. The molecule has 9 heavy (non-hydrogen) atoms. The van der Waals surface area contributed by atoms with Gasteiger partial charge in [0, 0.05) is 0 Å². The van der Waals surface area contributed by atoms with E-state index in [0.29, 0.717) is 12.6 Å². The molecule has 0 spiro atoms. The smallest absolute Gasteiger partial charge is 0.0797 e. The topological polar surface area (TPSA) is 29.5 Å². The van der Waals surface area contributed by atoms with Crippen molar-refractivity contribution in [3.8, 4) is 0 Å². The van der Waals surface area contributed by atoms with Gasteiger partial charge in [-0.05, 0) is 41.3 Å². The van der Waals surface area contributed by atoms with Crippen LogP contribution in [0, 0.1) is 0 Å². The van der Waals surface area contributed by atoms with Crippen molar-refractivity contribution in [3.05, 3.63) is 0 Å². The van der Waals surface area contributed by atoms with Gasteiger partial charge >= 0.3 is 0 Å². The number of halogens is 1. The monoisotopic (exact) mass is 260 g/mol. The minimum atomic E-state index is -0.0947. The lowest BCUT2D eigenvalue weighted by Crippen LogP contribution is -2.04. The zero-order valence-electron chi connectivity index (χ0n) is 5.01. The molecule has 0 aliphatic heterocycles. The lowest BCUT2D eigenvalue weighted by atomic mass is 10.3. The van der Waals surface area contributed by atoms with E-state index in [4.69, 9.17) is 9.63 Å². The van der Waals surface area contributed by atoms with Gasteiger partial charge in [0.2, 0.25) is 0 Å². The molecule has 0 aromatic carbocycles. The summed E-state index contributed by atoms with van der Waals surface area (Å²) in [5.74, 6) is 0. The Labute approximate surface area is 69.7 Å². The van der Waals surface area contributed by atoms with E-state index < -0.39 is 0 Å². The first-order valence-electron chi connectivity index (χ1n) is 3.02. The lowest BCUT2D eigenvalue weighted by Gasteiger charge is -2.05. The molecule has 0 aromatic rings. The maximum atomic E-state index is 9.05. The first kappa shape index (κ1) is 8.18. The number of hydrogen-bond donors (Lipinski definition) is 1. The standard InChI is InChI=1S/C5H10IO2P/c6-9-8-5-2-1-4(7)3-5/h4-5,7,9H,1-3H2. The highest BCUT2D eigenvalue weighted by molar-refractivity contribution is 14.2. The second-order valence-corrected chi connectivity index (χ2v) is 4.00. The molecule has 0 heterocycles. The molecule has 3 atom stereocenters. The summed E-state index contributed by atoms with van der Waals surface area (Å²) in [7, 11) is 0. The van der Waals surface area contributed by atoms with Crippen LogP contribution in [0.1, 0.15) is 19.3 Å². The molecule has 4 heteroatoms. The molecule has 0 bridgehead atoms. The molecule has 1 rings (SSSR count). The first-order chi connectivity index (χ1) is 4.33. The Balaban J connectivity index is 2.14. The maximum absolute atomic E-state index is 9.05. The van der Waals surface area contributed by atoms with Crippen LogP contribution in [0.4, 0.5) is 0 Å². The normalized spacial score (nSPS) is 36.7. The average Bonchev–Trinajstić information content (AvgIpc) is 2.17. The summed E-state index contributed by atoms with van der Waals surface area (Å²) >= 11 is 2.21. The summed E-state index contributed by atoms with van der Waals surface area (Å²) in [6.45, 7) is 0.540. The number of hydrogen-bond acceptors (Lipinski definition) is 2. The third-order valence-corrected chi connectivity index (χ3v) is 2.75. The van der Waals surface area contributed by atoms with Crippen LogP contribution in [0.5, 0.6) is 0 Å². The van der Waals surface area contributed by atoms with E-state index >= 15 is 0 Å². The van der Waals surface area contributed by atoms with E-state index in [9.17, 15) is 0 Å². The van der Waals surface area contributed by atoms with Crippen molar-refractivity contribution in [3.63, 3.8) is 0 Å². The fraction of sp³-hybridized carbons (Fsp3) is 1.00. The Morgan fingerprint density at radius 1 is 1.56 bits per heavy atom. The summed E-state index contributed by atoms with van der Waals surface area (Å²) in [6.07, 6.45) is 3.05. The van der Waals surface area contributed by atoms with Gasteiger partial charge in [0.15, 0.2) is 0 Å². The van der Waals surface area contributed by atoms with Crippen molar-refractivity contribution in [1.82, 2.24) is 0 Å². The molecule has 0 amide bonds. The second-order valence-electron chi connectivity index (χ2n) is 2.28. The van der Waals surface area contributed by atoms with Gasteiger partial charge in [0.1, 0.15) is 0 Å². The summed E-state index contributed by atoms with van der Waals surface area (Å²) in [4.78, 5) is 0. The Kier molecular flexibility index (Phi) is 3.69. The Morgan fingerprint density at radius 2 is 2.33 bits per heavy atom. The van der Waals surface area contributed by atoms with Gasteiger partial charge < -0.3 is 9.63 Å². The molecular formula is C5H10IO2P. The molecule has 1 aliphatic carbocycles. The van der Waals surface area contributed by atoms with Gasteiger partial charge in [-0.2, -0.15) is 0 Å². The Hall–Kier alpha value is 1.08. The largest absolute Gasteiger partial charge is 0.393 e. The van der Waals surface area contributed by atoms with Gasteiger partial charge in [-0.3, -0.25) is 0 Å². The van der Waals surface area contributed by atoms with Gasteiger partial charge in [0.05, 0.1) is 18.7 Å².